The minimum absolute atomic E-state index is 0.0116. The highest BCUT2D eigenvalue weighted by Gasteiger charge is 2.27. The number of amides is 1. The van der Waals surface area contributed by atoms with Gasteiger partial charge in [0.2, 0.25) is 5.91 Å². The second kappa shape index (κ2) is 8.30. The van der Waals surface area contributed by atoms with Gasteiger partial charge in [-0.05, 0) is 36.2 Å². The summed E-state index contributed by atoms with van der Waals surface area (Å²) < 4.78 is 11.4. The molecule has 0 N–H and O–H groups in total. The van der Waals surface area contributed by atoms with Crippen molar-refractivity contribution in [3.8, 4) is 11.5 Å². The molecule has 5 heteroatoms. The summed E-state index contributed by atoms with van der Waals surface area (Å²) in [5.41, 5.74) is 2.01. The zero-order valence-corrected chi connectivity index (χ0v) is 16.0. The molecule has 0 radical (unpaired) electrons. The quantitative estimate of drug-likeness (QED) is 0.656. The van der Waals surface area contributed by atoms with E-state index in [0.717, 1.165) is 47.4 Å². The SMILES string of the molecule is COc1ccc(CCC(=O)N2CCC(Oc3cccc4cccnc34)C2)cc1. The van der Waals surface area contributed by atoms with Crippen molar-refractivity contribution >= 4 is 16.8 Å². The number of methoxy groups -OCH3 is 1. The number of para-hydroxylation sites is 1. The third kappa shape index (κ3) is 4.09. The molecule has 2 aromatic carbocycles. The van der Waals surface area contributed by atoms with Crippen molar-refractivity contribution < 1.29 is 14.3 Å². The van der Waals surface area contributed by atoms with Gasteiger partial charge < -0.3 is 14.4 Å². The van der Waals surface area contributed by atoms with E-state index < -0.39 is 0 Å². The summed E-state index contributed by atoms with van der Waals surface area (Å²) in [5, 5.41) is 1.06. The molecular weight excluding hydrogens is 352 g/mol. The van der Waals surface area contributed by atoms with Crippen molar-refractivity contribution in [1.82, 2.24) is 9.88 Å². The number of aromatic nitrogens is 1. The number of benzene rings is 2. The third-order valence-corrected chi connectivity index (χ3v) is 5.17. The van der Waals surface area contributed by atoms with Crippen LogP contribution in [0.2, 0.25) is 0 Å². The smallest absolute Gasteiger partial charge is 0.223 e. The maximum atomic E-state index is 12.6. The van der Waals surface area contributed by atoms with Gasteiger partial charge >= 0.3 is 0 Å². The lowest BCUT2D eigenvalue weighted by molar-refractivity contribution is -0.130. The lowest BCUT2D eigenvalue weighted by Gasteiger charge is -2.18. The Morgan fingerprint density at radius 1 is 1.14 bits per heavy atom. The summed E-state index contributed by atoms with van der Waals surface area (Å²) in [4.78, 5) is 18.9. The van der Waals surface area contributed by atoms with Crippen LogP contribution < -0.4 is 9.47 Å². The molecule has 144 valence electrons. The van der Waals surface area contributed by atoms with E-state index in [4.69, 9.17) is 9.47 Å². The fourth-order valence-corrected chi connectivity index (χ4v) is 3.60. The Hall–Kier alpha value is -3.08. The van der Waals surface area contributed by atoms with Gasteiger partial charge in [-0.2, -0.15) is 0 Å². The Morgan fingerprint density at radius 2 is 1.96 bits per heavy atom. The van der Waals surface area contributed by atoms with Crippen molar-refractivity contribution in [3.05, 3.63) is 66.4 Å². The lowest BCUT2D eigenvalue weighted by atomic mass is 10.1. The topological polar surface area (TPSA) is 51.7 Å². The van der Waals surface area contributed by atoms with Gasteiger partial charge in [-0.15, -0.1) is 0 Å². The number of aryl methyl sites for hydroxylation is 1. The second-order valence-corrected chi connectivity index (χ2v) is 7.05. The molecule has 0 saturated carbocycles. The fraction of sp³-hybridized carbons (Fsp3) is 0.304. The van der Waals surface area contributed by atoms with Gasteiger partial charge in [-0.3, -0.25) is 9.78 Å². The van der Waals surface area contributed by atoms with Gasteiger partial charge in [0.25, 0.3) is 0 Å². The standard InChI is InChI=1S/C23H24N2O3/c1-27-19-10-7-17(8-11-19)9-12-22(26)25-15-13-20(16-25)28-21-6-2-4-18-5-3-14-24-23(18)21/h2-8,10-11,14,20H,9,12-13,15-16H2,1H3. The Bertz CT molecular complexity index is 950. The number of rotatable bonds is 6. The summed E-state index contributed by atoms with van der Waals surface area (Å²) in [5.74, 6) is 1.80. The minimum atomic E-state index is 0.0116. The molecule has 0 bridgehead atoms. The third-order valence-electron chi connectivity index (χ3n) is 5.17. The van der Waals surface area contributed by atoms with Crippen LogP contribution in [-0.2, 0) is 11.2 Å². The fourth-order valence-electron chi connectivity index (χ4n) is 3.60. The minimum Gasteiger partial charge on any atom is -0.497 e. The monoisotopic (exact) mass is 376 g/mol. The van der Waals surface area contributed by atoms with E-state index >= 15 is 0 Å². The van der Waals surface area contributed by atoms with Crippen LogP contribution in [0.4, 0.5) is 0 Å². The van der Waals surface area contributed by atoms with Crippen LogP contribution in [0, 0.1) is 0 Å². The van der Waals surface area contributed by atoms with E-state index in [1.54, 1.807) is 13.3 Å². The van der Waals surface area contributed by atoms with Crippen molar-refractivity contribution in [2.24, 2.45) is 0 Å². The van der Waals surface area contributed by atoms with E-state index in [-0.39, 0.29) is 12.0 Å². The molecule has 1 fully saturated rings. The molecule has 0 spiro atoms. The van der Waals surface area contributed by atoms with Gasteiger partial charge in [-0.25, -0.2) is 0 Å². The predicted molar refractivity (Wildman–Crippen MR) is 109 cm³/mol. The van der Waals surface area contributed by atoms with Crippen molar-refractivity contribution in [3.63, 3.8) is 0 Å². The molecule has 1 aromatic heterocycles. The Labute approximate surface area is 164 Å². The molecule has 1 atom stereocenters. The number of hydrogen-bond donors (Lipinski definition) is 0. The number of pyridine rings is 1. The van der Waals surface area contributed by atoms with Crippen LogP contribution in [0.1, 0.15) is 18.4 Å². The molecule has 4 rings (SSSR count). The van der Waals surface area contributed by atoms with E-state index in [9.17, 15) is 4.79 Å². The van der Waals surface area contributed by atoms with Crippen molar-refractivity contribution in [2.75, 3.05) is 20.2 Å². The van der Waals surface area contributed by atoms with Gasteiger partial charge in [0.05, 0.1) is 13.7 Å². The zero-order chi connectivity index (χ0) is 19.3. The van der Waals surface area contributed by atoms with E-state index in [1.807, 2.05) is 59.5 Å². The molecule has 28 heavy (non-hydrogen) atoms. The number of fused-ring (bicyclic) bond motifs is 1. The molecule has 2 heterocycles. The number of nitrogens with zero attached hydrogens (tertiary/aromatic N) is 2. The van der Waals surface area contributed by atoms with Crippen molar-refractivity contribution in [1.29, 1.82) is 0 Å². The van der Waals surface area contributed by atoms with Crippen LogP contribution in [0.3, 0.4) is 0 Å². The molecule has 1 aliphatic rings. The first kappa shape index (κ1) is 18.3. The van der Waals surface area contributed by atoms with Crippen LogP contribution >= 0.6 is 0 Å². The largest absolute Gasteiger partial charge is 0.497 e. The first-order valence-electron chi connectivity index (χ1n) is 9.64. The van der Waals surface area contributed by atoms with Crippen LogP contribution in [-0.4, -0.2) is 42.1 Å². The Kier molecular flexibility index (Phi) is 5.42. The zero-order valence-electron chi connectivity index (χ0n) is 16.0. The maximum Gasteiger partial charge on any atom is 0.223 e. The summed E-state index contributed by atoms with van der Waals surface area (Å²) in [6.07, 6.45) is 3.88. The highest BCUT2D eigenvalue weighted by Crippen LogP contribution is 2.26. The lowest BCUT2D eigenvalue weighted by Crippen LogP contribution is -2.31. The first-order valence-corrected chi connectivity index (χ1v) is 9.64. The summed E-state index contributed by atoms with van der Waals surface area (Å²) in [7, 11) is 1.65. The van der Waals surface area contributed by atoms with E-state index in [0.29, 0.717) is 13.0 Å². The molecule has 1 amide bonds. The average molecular weight is 376 g/mol. The molecule has 0 aliphatic carbocycles. The normalized spacial score (nSPS) is 16.3. The number of ether oxygens (including phenoxy) is 2. The van der Waals surface area contributed by atoms with Gasteiger partial charge in [-0.1, -0.05) is 30.3 Å². The highest BCUT2D eigenvalue weighted by molar-refractivity contribution is 5.84. The van der Waals surface area contributed by atoms with Gasteiger partial charge in [0.1, 0.15) is 23.1 Å². The Balaban J connectivity index is 1.32. The summed E-state index contributed by atoms with van der Waals surface area (Å²) in [6, 6.07) is 17.8. The van der Waals surface area contributed by atoms with Gasteiger partial charge in [0, 0.05) is 31.0 Å². The average Bonchev–Trinajstić information content (AvgIpc) is 3.21. The molecule has 5 nitrogen and oxygen atoms in total. The Morgan fingerprint density at radius 3 is 2.79 bits per heavy atom. The summed E-state index contributed by atoms with van der Waals surface area (Å²) in [6.45, 7) is 1.37. The predicted octanol–water partition coefficient (Wildman–Crippen LogP) is 3.86. The van der Waals surface area contributed by atoms with Crippen LogP contribution in [0.15, 0.2) is 60.8 Å². The highest BCUT2D eigenvalue weighted by atomic mass is 16.5. The van der Waals surface area contributed by atoms with Crippen molar-refractivity contribution in [2.45, 2.75) is 25.4 Å². The van der Waals surface area contributed by atoms with Crippen LogP contribution in [0.25, 0.3) is 10.9 Å². The molecule has 1 saturated heterocycles. The number of likely N-dealkylation sites (tertiary alicyclic amines) is 1. The molecule has 1 unspecified atom stereocenters. The molecule has 1 aliphatic heterocycles. The van der Waals surface area contributed by atoms with Crippen LogP contribution in [0.5, 0.6) is 11.5 Å². The molecule has 3 aromatic rings. The van der Waals surface area contributed by atoms with E-state index in [1.165, 1.54) is 0 Å². The number of carbonyl (C=O) groups excluding carboxylic acids is 1. The first-order chi connectivity index (χ1) is 13.7. The summed E-state index contributed by atoms with van der Waals surface area (Å²) >= 11 is 0. The van der Waals surface area contributed by atoms with E-state index in [2.05, 4.69) is 4.98 Å². The van der Waals surface area contributed by atoms with Gasteiger partial charge in [0.15, 0.2) is 0 Å². The second-order valence-electron chi connectivity index (χ2n) is 7.05. The molecular formula is C23H24N2O3. The number of carbonyl (C=O) groups is 1. The number of hydrogen-bond acceptors (Lipinski definition) is 4. The maximum absolute atomic E-state index is 12.6.